The van der Waals surface area contributed by atoms with Crippen molar-refractivity contribution in [1.82, 2.24) is 15.5 Å². The first-order chi connectivity index (χ1) is 8.01. The molecule has 0 spiro atoms. The summed E-state index contributed by atoms with van der Waals surface area (Å²) >= 11 is 0. The Labute approximate surface area is 106 Å². The van der Waals surface area contributed by atoms with Crippen molar-refractivity contribution in [2.75, 3.05) is 39.3 Å². The Morgan fingerprint density at radius 3 is 2.35 bits per heavy atom. The minimum Gasteiger partial charge on any atom is -0.329 e. The number of hydrogen-bond acceptors (Lipinski definition) is 4. The van der Waals surface area contributed by atoms with E-state index < -0.39 is 0 Å². The third kappa shape index (κ3) is 6.99. The van der Waals surface area contributed by atoms with Crippen molar-refractivity contribution in [3.05, 3.63) is 0 Å². The van der Waals surface area contributed by atoms with Gasteiger partial charge in [0.05, 0.1) is 0 Å². The molecule has 0 aromatic carbocycles. The predicted octanol–water partition coefficient (Wildman–Crippen LogP) is 0.387. The third-order valence-electron chi connectivity index (χ3n) is 3.15. The molecule has 17 heavy (non-hydrogen) atoms. The summed E-state index contributed by atoms with van der Waals surface area (Å²) in [5, 5.41) is 7.05. The molecule has 0 aromatic rings. The molecule has 0 atom stereocenters. The average molecular weight is 242 g/mol. The second-order valence-corrected chi connectivity index (χ2v) is 6.05. The van der Waals surface area contributed by atoms with E-state index in [-0.39, 0.29) is 5.54 Å². The van der Waals surface area contributed by atoms with Crippen LogP contribution >= 0.6 is 0 Å². The number of nitrogens with one attached hydrogen (secondary N) is 2. The van der Waals surface area contributed by atoms with E-state index in [0.29, 0.717) is 6.04 Å². The summed E-state index contributed by atoms with van der Waals surface area (Å²) in [7, 11) is 0. The van der Waals surface area contributed by atoms with Gasteiger partial charge in [0.1, 0.15) is 0 Å². The highest BCUT2D eigenvalue weighted by Crippen LogP contribution is 2.13. The van der Waals surface area contributed by atoms with Crippen LogP contribution in [-0.4, -0.2) is 55.7 Å². The van der Waals surface area contributed by atoms with Gasteiger partial charge in [0.25, 0.3) is 0 Å². The maximum absolute atomic E-state index is 5.44. The van der Waals surface area contributed by atoms with E-state index in [9.17, 15) is 0 Å². The van der Waals surface area contributed by atoms with Crippen LogP contribution in [0.2, 0.25) is 0 Å². The lowest BCUT2D eigenvalue weighted by molar-refractivity contribution is 0.182. The molecule has 0 amide bonds. The smallest absolute Gasteiger partial charge is 0.0107 e. The first-order valence-corrected chi connectivity index (χ1v) is 6.92. The van der Waals surface area contributed by atoms with Gasteiger partial charge in [0.15, 0.2) is 0 Å². The van der Waals surface area contributed by atoms with Crippen LogP contribution in [0.1, 0.15) is 33.6 Å². The van der Waals surface area contributed by atoms with Crippen LogP contribution in [0, 0.1) is 0 Å². The quantitative estimate of drug-likeness (QED) is 0.590. The average Bonchev–Trinajstić information content (AvgIpc) is 2.25. The molecule has 0 aromatic heterocycles. The van der Waals surface area contributed by atoms with Crippen LogP contribution in [0.3, 0.4) is 0 Å². The largest absolute Gasteiger partial charge is 0.329 e. The zero-order valence-corrected chi connectivity index (χ0v) is 11.8. The topological polar surface area (TPSA) is 53.3 Å². The lowest BCUT2D eigenvalue weighted by Gasteiger charge is -2.36. The maximum Gasteiger partial charge on any atom is 0.0107 e. The zero-order chi connectivity index (χ0) is 12.7. The Morgan fingerprint density at radius 2 is 1.82 bits per heavy atom. The molecule has 0 unspecified atom stereocenters. The number of nitrogens with zero attached hydrogens (tertiary/aromatic N) is 1. The highest BCUT2D eigenvalue weighted by atomic mass is 15.2. The van der Waals surface area contributed by atoms with Gasteiger partial charge in [-0.2, -0.15) is 0 Å². The number of rotatable bonds is 6. The van der Waals surface area contributed by atoms with Crippen molar-refractivity contribution in [1.29, 1.82) is 0 Å². The van der Waals surface area contributed by atoms with Gasteiger partial charge in [-0.1, -0.05) is 0 Å². The van der Waals surface area contributed by atoms with Crippen LogP contribution < -0.4 is 16.4 Å². The van der Waals surface area contributed by atoms with E-state index in [1.54, 1.807) is 0 Å². The molecule has 0 saturated carbocycles. The molecule has 1 rings (SSSR count). The van der Waals surface area contributed by atoms with Crippen molar-refractivity contribution in [2.45, 2.75) is 45.2 Å². The van der Waals surface area contributed by atoms with E-state index in [0.717, 1.165) is 26.2 Å². The van der Waals surface area contributed by atoms with Gasteiger partial charge in [-0.3, -0.25) is 0 Å². The third-order valence-corrected chi connectivity index (χ3v) is 3.15. The Balaban J connectivity index is 2.09. The Hall–Kier alpha value is -0.160. The summed E-state index contributed by atoms with van der Waals surface area (Å²) in [6.07, 6.45) is 2.54. The Kier molecular flexibility index (Phi) is 6.41. The van der Waals surface area contributed by atoms with Crippen molar-refractivity contribution < 1.29 is 0 Å². The summed E-state index contributed by atoms with van der Waals surface area (Å²) in [4.78, 5) is 2.55. The van der Waals surface area contributed by atoms with Gasteiger partial charge in [-0.15, -0.1) is 0 Å². The molecule has 4 nitrogen and oxygen atoms in total. The monoisotopic (exact) mass is 242 g/mol. The van der Waals surface area contributed by atoms with E-state index in [4.69, 9.17) is 5.73 Å². The van der Waals surface area contributed by atoms with Crippen molar-refractivity contribution in [3.63, 3.8) is 0 Å². The fourth-order valence-corrected chi connectivity index (χ4v) is 2.38. The molecule has 102 valence electrons. The zero-order valence-electron chi connectivity index (χ0n) is 11.8. The first kappa shape index (κ1) is 14.9. The number of nitrogens with two attached hydrogens (primary N) is 1. The lowest BCUT2D eigenvalue weighted by Crippen LogP contribution is -2.50. The number of piperidine rings is 1. The summed E-state index contributed by atoms with van der Waals surface area (Å²) < 4.78 is 0. The van der Waals surface area contributed by atoms with Gasteiger partial charge in [0, 0.05) is 37.8 Å². The van der Waals surface area contributed by atoms with Crippen LogP contribution in [-0.2, 0) is 0 Å². The lowest BCUT2D eigenvalue weighted by atomic mass is 10.00. The second kappa shape index (κ2) is 7.31. The summed E-state index contributed by atoms with van der Waals surface area (Å²) in [5.41, 5.74) is 5.69. The fraction of sp³-hybridized carbons (Fsp3) is 1.00. The maximum atomic E-state index is 5.44. The van der Waals surface area contributed by atoms with Crippen LogP contribution in [0.25, 0.3) is 0 Å². The van der Waals surface area contributed by atoms with Gasteiger partial charge in [-0.05, 0) is 46.7 Å². The summed E-state index contributed by atoms with van der Waals surface area (Å²) in [6, 6.07) is 0.697. The predicted molar refractivity (Wildman–Crippen MR) is 74.3 cm³/mol. The van der Waals surface area contributed by atoms with Crippen molar-refractivity contribution in [3.8, 4) is 0 Å². The standard InChI is InChI=1S/C13H30N4/c1-13(2,3)16-12-4-9-17(10-5-12)11-8-15-7-6-14/h12,15-16H,4-11,14H2,1-3H3. The van der Waals surface area contributed by atoms with Crippen LogP contribution in [0.4, 0.5) is 0 Å². The highest BCUT2D eigenvalue weighted by molar-refractivity contribution is 4.83. The van der Waals surface area contributed by atoms with Gasteiger partial charge in [0.2, 0.25) is 0 Å². The molecule has 1 saturated heterocycles. The Morgan fingerprint density at radius 1 is 1.18 bits per heavy atom. The Bertz CT molecular complexity index is 192. The minimum absolute atomic E-state index is 0.246. The van der Waals surface area contributed by atoms with Gasteiger partial charge < -0.3 is 21.3 Å². The van der Waals surface area contributed by atoms with Crippen LogP contribution in [0.5, 0.6) is 0 Å². The molecule has 0 radical (unpaired) electrons. The first-order valence-electron chi connectivity index (χ1n) is 6.92. The van der Waals surface area contributed by atoms with Gasteiger partial charge in [-0.25, -0.2) is 0 Å². The minimum atomic E-state index is 0.246. The molecule has 1 heterocycles. The molecule has 1 aliphatic rings. The number of hydrogen-bond donors (Lipinski definition) is 3. The fourth-order valence-electron chi connectivity index (χ4n) is 2.38. The molecule has 0 bridgehead atoms. The number of likely N-dealkylation sites (tertiary alicyclic amines) is 1. The SMILES string of the molecule is CC(C)(C)NC1CCN(CCNCCN)CC1. The molecule has 4 N–H and O–H groups in total. The second-order valence-electron chi connectivity index (χ2n) is 6.05. The van der Waals surface area contributed by atoms with Gasteiger partial charge >= 0.3 is 0 Å². The molecule has 1 fully saturated rings. The van der Waals surface area contributed by atoms with E-state index in [1.807, 2.05) is 0 Å². The molecule has 0 aliphatic carbocycles. The summed E-state index contributed by atoms with van der Waals surface area (Å²) in [6.45, 7) is 13.1. The summed E-state index contributed by atoms with van der Waals surface area (Å²) in [5.74, 6) is 0. The molecule has 4 heteroatoms. The highest BCUT2D eigenvalue weighted by Gasteiger charge is 2.22. The molecular formula is C13H30N4. The van der Waals surface area contributed by atoms with E-state index in [1.165, 1.54) is 25.9 Å². The normalized spacial score (nSPS) is 19.8. The van der Waals surface area contributed by atoms with Crippen molar-refractivity contribution >= 4 is 0 Å². The molecular weight excluding hydrogens is 212 g/mol. The molecule has 1 aliphatic heterocycles. The van der Waals surface area contributed by atoms with Crippen molar-refractivity contribution in [2.24, 2.45) is 5.73 Å². The van der Waals surface area contributed by atoms with E-state index >= 15 is 0 Å². The van der Waals surface area contributed by atoms with Crippen LogP contribution in [0.15, 0.2) is 0 Å². The van der Waals surface area contributed by atoms with E-state index in [2.05, 4.69) is 36.3 Å².